The van der Waals surface area contributed by atoms with E-state index in [1.54, 1.807) is 18.7 Å². The molecule has 1 fully saturated rings. The predicted molar refractivity (Wildman–Crippen MR) is 99.7 cm³/mol. The van der Waals surface area contributed by atoms with Crippen LogP contribution >= 0.6 is 0 Å². The first-order valence-corrected chi connectivity index (χ1v) is 8.98. The number of amides is 1. The number of aryl methyl sites for hydroxylation is 1. The van der Waals surface area contributed by atoms with Gasteiger partial charge in [-0.3, -0.25) is 0 Å². The van der Waals surface area contributed by atoms with Crippen LogP contribution < -0.4 is 4.90 Å². The first-order valence-electron chi connectivity index (χ1n) is 8.98. The Kier molecular flexibility index (Phi) is 6.26. The normalized spacial score (nSPS) is 14.5. The van der Waals surface area contributed by atoms with Crippen LogP contribution in [0.1, 0.15) is 49.3 Å². The third-order valence-electron chi connectivity index (χ3n) is 4.04. The monoisotopic (exact) mass is 374 g/mol. The zero-order chi connectivity index (χ0) is 20.2. The minimum atomic E-state index is -0.538. The van der Waals surface area contributed by atoms with Crippen molar-refractivity contribution in [2.45, 2.75) is 40.2 Å². The van der Waals surface area contributed by atoms with Crippen LogP contribution in [0.3, 0.4) is 0 Å². The summed E-state index contributed by atoms with van der Waals surface area (Å²) in [4.78, 5) is 32.3. The summed E-state index contributed by atoms with van der Waals surface area (Å²) in [6.45, 7) is 11.2. The Bertz CT molecular complexity index is 756. The van der Waals surface area contributed by atoms with Gasteiger partial charge in [0, 0.05) is 26.2 Å². The second kappa shape index (κ2) is 8.25. The van der Waals surface area contributed by atoms with Gasteiger partial charge in [-0.1, -0.05) is 0 Å². The number of carbonyl (C=O) groups excluding carboxylic acids is 2. The number of ether oxygens (including phenoxy) is 2. The van der Waals surface area contributed by atoms with Crippen LogP contribution in [-0.2, 0) is 9.47 Å². The van der Waals surface area contributed by atoms with Crippen molar-refractivity contribution in [1.29, 1.82) is 5.26 Å². The fourth-order valence-electron chi connectivity index (χ4n) is 2.76. The quantitative estimate of drug-likeness (QED) is 0.750. The first kappa shape index (κ1) is 20.5. The minimum absolute atomic E-state index is 0.258. The summed E-state index contributed by atoms with van der Waals surface area (Å²) < 4.78 is 10.4. The minimum Gasteiger partial charge on any atom is -0.462 e. The Hall–Kier alpha value is -2.82. The van der Waals surface area contributed by atoms with Crippen LogP contribution in [0.5, 0.6) is 0 Å². The van der Waals surface area contributed by atoms with Crippen molar-refractivity contribution < 1.29 is 19.1 Å². The molecule has 0 atom stereocenters. The number of rotatable bonds is 3. The van der Waals surface area contributed by atoms with E-state index in [4.69, 9.17) is 9.47 Å². The molecule has 0 unspecified atom stereocenters. The van der Waals surface area contributed by atoms with Gasteiger partial charge in [-0.15, -0.1) is 0 Å². The highest BCUT2D eigenvalue weighted by Gasteiger charge is 2.28. The predicted octanol–water partition coefficient (Wildman–Crippen LogP) is 2.50. The van der Waals surface area contributed by atoms with E-state index in [-0.39, 0.29) is 12.7 Å². The Morgan fingerprint density at radius 1 is 1.26 bits per heavy atom. The van der Waals surface area contributed by atoms with Gasteiger partial charge >= 0.3 is 12.1 Å². The molecule has 0 spiro atoms. The van der Waals surface area contributed by atoms with Crippen LogP contribution in [0.15, 0.2) is 6.07 Å². The second-order valence-corrected chi connectivity index (χ2v) is 7.28. The number of aromatic nitrogens is 1. The van der Waals surface area contributed by atoms with E-state index in [1.807, 2.05) is 25.7 Å². The Labute approximate surface area is 159 Å². The van der Waals surface area contributed by atoms with Crippen LogP contribution in [0, 0.1) is 18.3 Å². The molecule has 1 amide bonds. The molecule has 1 aliphatic heterocycles. The van der Waals surface area contributed by atoms with Gasteiger partial charge in [0.25, 0.3) is 0 Å². The van der Waals surface area contributed by atoms with Crippen molar-refractivity contribution in [2.75, 3.05) is 37.7 Å². The molecule has 0 N–H and O–H groups in total. The lowest BCUT2D eigenvalue weighted by Gasteiger charge is -2.36. The van der Waals surface area contributed by atoms with Gasteiger partial charge in [0.05, 0.1) is 23.4 Å². The smallest absolute Gasteiger partial charge is 0.410 e. The lowest BCUT2D eigenvalue weighted by atomic mass is 10.1. The Morgan fingerprint density at radius 2 is 1.89 bits per heavy atom. The highest BCUT2D eigenvalue weighted by molar-refractivity contribution is 5.91. The second-order valence-electron chi connectivity index (χ2n) is 7.28. The van der Waals surface area contributed by atoms with Crippen molar-refractivity contribution in [3.63, 3.8) is 0 Å². The molecule has 27 heavy (non-hydrogen) atoms. The van der Waals surface area contributed by atoms with Crippen LogP contribution in [-0.4, -0.2) is 60.3 Å². The molecule has 0 aromatic carbocycles. The van der Waals surface area contributed by atoms with E-state index in [9.17, 15) is 14.9 Å². The summed E-state index contributed by atoms with van der Waals surface area (Å²) in [6, 6.07) is 3.63. The van der Waals surface area contributed by atoms with Crippen LogP contribution in [0.25, 0.3) is 0 Å². The number of hydrogen-bond donors (Lipinski definition) is 0. The van der Waals surface area contributed by atoms with Crippen molar-refractivity contribution in [3.8, 4) is 6.07 Å². The average molecular weight is 374 g/mol. The van der Waals surface area contributed by atoms with Gasteiger partial charge in [-0.25, -0.2) is 14.6 Å². The highest BCUT2D eigenvalue weighted by atomic mass is 16.6. The standard InChI is InChI=1S/C19H26N4O4/c1-6-26-17(24)15-11-14(12-20)16(21-13(15)2)22-7-9-23(10-8-22)18(25)27-19(3,4)5/h11H,6-10H2,1-5H3. The maximum atomic E-state index is 12.2. The average Bonchev–Trinajstić information content (AvgIpc) is 2.60. The third kappa shape index (κ3) is 5.09. The number of esters is 1. The van der Waals surface area contributed by atoms with Gasteiger partial charge in [-0.05, 0) is 40.7 Å². The number of pyridine rings is 1. The van der Waals surface area contributed by atoms with Crippen molar-refractivity contribution >= 4 is 17.9 Å². The maximum absolute atomic E-state index is 12.2. The summed E-state index contributed by atoms with van der Waals surface area (Å²) in [5, 5.41) is 9.49. The lowest BCUT2D eigenvalue weighted by molar-refractivity contribution is 0.0240. The van der Waals surface area contributed by atoms with E-state index < -0.39 is 11.6 Å². The fraction of sp³-hybridized carbons (Fsp3) is 0.579. The van der Waals surface area contributed by atoms with Gasteiger partial charge in [-0.2, -0.15) is 5.26 Å². The molecule has 0 radical (unpaired) electrons. The van der Waals surface area contributed by atoms with E-state index in [2.05, 4.69) is 11.1 Å². The molecule has 1 saturated heterocycles. The molecule has 2 rings (SSSR count). The SMILES string of the molecule is CCOC(=O)c1cc(C#N)c(N2CCN(C(=O)OC(C)(C)C)CC2)nc1C. The van der Waals surface area contributed by atoms with E-state index in [1.165, 1.54) is 6.07 Å². The third-order valence-corrected chi connectivity index (χ3v) is 4.04. The molecule has 1 aromatic rings. The van der Waals surface area contributed by atoms with Crippen LogP contribution in [0.4, 0.5) is 10.6 Å². The number of anilines is 1. The molecule has 146 valence electrons. The van der Waals surface area contributed by atoms with Crippen LogP contribution in [0.2, 0.25) is 0 Å². The maximum Gasteiger partial charge on any atom is 0.410 e. The van der Waals surface area contributed by atoms with Gasteiger partial charge in [0.2, 0.25) is 0 Å². The topological polar surface area (TPSA) is 95.8 Å². The first-order chi connectivity index (χ1) is 12.7. The Balaban J connectivity index is 2.14. The zero-order valence-corrected chi connectivity index (χ0v) is 16.5. The van der Waals surface area contributed by atoms with E-state index in [0.717, 1.165) is 0 Å². The Morgan fingerprint density at radius 3 is 2.41 bits per heavy atom. The lowest BCUT2D eigenvalue weighted by Crippen LogP contribution is -2.50. The molecular formula is C19H26N4O4. The van der Waals surface area contributed by atoms with E-state index in [0.29, 0.717) is 48.8 Å². The van der Waals surface area contributed by atoms with Gasteiger partial charge in [0.1, 0.15) is 17.5 Å². The van der Waals surface area contributed by atoms with Crippen molar-refractivity contribution in [2.24, 2.45) is 0 Å². The summed E-state index contributed by atoms with van der Waals surface area (Å²) in [5.74, 6) is 0.0344. The van der Waals surface area contributed by atoms with Gasteiger partial charge < -0.3 is 19.3 Å². The van der Waals surface area contributed by atoms with Gasteiger partial charge in [0.15, 0.2) is 0 Å². The number of nitriles is 1. The molecular weight excluding hydrogens is 348 g/mol. The molecule has 1 aromatic heterocycles. The molecule has 0 bridgehead atoms. The summed E-state index contributed by atoms with van der Waals surface area (Å²) in [7, 11) is 0. The number of hydrogen-bond acceptors (Lipinski definition) is 7. The number of carbonyl (C=O) groups is 2. The van der Waals surface area contributed by atoms with Crippen molar-refractivity contribution in [3.05, 3.63) is 22.9 Å². The van der Waals surface area contributed by atoms with Crippen molar-refractivity contribution in [1.82, 2.24) is 9.88 Å². The number of piperazine rings is 1. The highest BCUT2D eigenvalue weighted by Crippen LogP contribution is 2.23. The molecule has 1 aliphatic rings. The molecule has 0 saturated carbocycles. The molecule has 8 nitrogen and oxygen atoms in total. The fourth-order valence-corrected chi connectivity index (χ4v) is 2.76. The van der Waals surface area contributed by atoms with E-state index >= 15 is 0 Å². The largest absolute Gasteiger partial charge is 0.462 e. The summed E-state index contributed by atoms with van der Waals surface area (Å²) >= 11 is 0. The molecule has 8 heteroatoms. The number of nitrogens with zero attached hydrogens (tertiary/aromatic N) is 4. The summed E-state index contributed by atoms with van der Waals surface area (Å²) in [6.07, 6.45) is -0.343. The molecule has 2 heterocycles. The zero-order valence-electron chi connectivity index (χ0n) is 16.5. The molecule has 0 aliphatic carbocycles. The summed E-state index contributed by atoms with van der Waals surface area (Å²) in [5.41, 5.74) is 0.583.